The highest BCUT2D eigenvalue weighted by atomic mass is 35.5. The summed E-state index contributed by atoms with van der Waals surface area (Å²) in [6, 6.07) is 8.54. The van der Waals surface area contributed by atoms with Gasteiger partial charge in [0.05, 0.1) is 6.20 Å². The average molecular weight is 207 g/mol. The summed E-state index contributed by atoms with van der Waals surface area (Å²) in [7, 11) is 0. The minimum absolute atomic E-state index is 0.238. The van der Waals surface area contributed by atoms with Gasteiger partial charge in [-0.2, -0.15) is 5.10 Å². The molecular formula is C10H7ClN2O. The molecule has 1 aromatic heterocycles. The van der Waals surface area contributed by atoms with Crippen molar-refractivity contribution in [2.24, 2.45) is 0 Å². The van der Waals surface area contributed by atoms with Crippen molar-refractivity contribution in [2.75, 3.05) is 0 Å². The number of halogens is 1. The van der Waals surface area contributed by atoms with Crippen LogP contribution in [0, 0.1) is 0 Å². The number of hydrogen-bond donors (Lipinski definition) is 1. The fourth-order valence-corrected chi connectivity index (χ4v) is 1.31. The van der Waals surface area contributed by atoms with Crippen molar-refractivity contribution in [1.82, 2.24) is 10.2 Å². The zero-order valence-corrected chi connectivity index (χ0v) is 7.94. The molecule has 0 saturated carbocycles. The zero-order valence-electron chi connectivity index (χ0n) is 7.18. The molecule has 14 heavy (non-hydrogen) atoms. The van der Waals surface area contributed by atoms with Crippen LogP contribution in [0.4, 0.5) is 0 Å². The summed E-state index contributed by atoms with van der Waals surface area (Å²) in [4.78, 5) is 0. The number of aromatic nitrogens is 2. The van der Waals surface area contributed by atoms with E-state index >= 15 is 0 Å². The highest BCUT2D eigenvalue weighted by Crippen LogP contribution is 2.22. The van der Waals surface area contributed by atoms with Gasteiger partial charge >= 0.3 is 0 Å². The summed E-state index contributed by atoms with van der Waals surface area (Å²) in [5.41, 5.74) is 1.82. The van der Waals surface area contributed by atoms with Gasteiger partial charge in [0.2, 0.25) is 0 Å². The lowest BCUT2D eigenvalue weighted by molar-refractivity contribution is 0.475. The second-order valence-corrected chi connectivity index (χ2v) is 3.20. The third-order valence-corrected chi connectivity index (χ3v) is 2.01. The van der Waals surface area contributed by atoms with Crippen LogP contribution in [0.5, 0.6) is 5.75 Å². The van der Waals surface area contributed by atoms with Crippen molar-refractivity contribution in [1.29, 1.82) is 0 Å². The van der Waals surface area contributed by atoms with Crippen LogP contribution in [-0.2, 0) is 0 Å². The molecule has 70 valence electrons. The lowest BCUT2D eigenvalue weighted by Crippen LogP contribution is -1.83. The minimum Gasteiger partial charge on any atom is -0.508 e. The van der Waals surface area contributed by atoms with Crippen molar-refractivity contribution in [3.63, 3.8) is 0 Å². The second kappa shape index (κ2) is 3.64. The van der Waals surface area contributed by atoms with E-state index in [9.17, 15) is 0 Å². The lowest BCUT2D eigenvalue weighted by Gasteiger charge is -2.00. The number of phenols is 1. The third-order valence-electron chi connectivity index (χ3n) is 1.83. The number of aromatic hydroxyl groups is 1. The molecule has 1 heterocycles. The molecule has 0 saturated heterocycles. The van der Waals surface area contributed by atoms with Crippen LogP contribution in [0.15, 0.2) is 36.5 Å². The number of phenolic OH excluding ortho intramolecular Hbond substituents is 1. The Morgan fingerprint density at radius 1 is 1.07 bits per heavy atom. The van der Waals surface area contributed by atoms with Crippen LogP contribution >= 0.6 is 11.6 Å². The Labute approximate surface area is 86.0 Å². The monoisotopic (exact) mass is 206 g/mol. The van der Waals surface area contributed by atoms with E-state index < -0.39 is 0 Å². The molecule has 0 amide bonds. The smallest absolute Gasteiger partial charge is 0.152 e. The van der Waals surface area contributed by atoms with Crippen LogP contribution in [0.3, 0.4) is 0 Å². The van der Waals surface area contributed by atoms with Gasteiger partial charge in [0.25, 0.3) is 0 Å². The van der Waals surface area contributed by atoms with Gasteiger partial charge in [-0.15, -0.1) is 5.10 Å². The van der Waals surface area contributed by atoms with Gasteiger partial charge in [-0.1, -0.05) is 23.7 Å². The van der Waals surface area contributed by atoms with Crippen molar-refractivity contribution >= 4 is 11.6 Å². The fourth-order valence-electron chi connectivity index (χ4n) is 1.15. The number of rotatable bonds is 1. The van der Waals surface area contributed by atoms with E-state index in [1.54, 1.807) is 36.5 Å². The Morgan fingerprint density at radius 3 is 2.43 bits per heavy atom. The molecule has 0 radical (unpaired) electrons. The van der Waals surface area contributed by atoms with E-state index in [1.807, 2.05) is 0 Å². The minimum atomic E-state index is 0.238. The molecule has 0 atom stereocenters. The van der Waals surface area contributed by atoms with E-state index in [4.69, 9.17) is 16.7 Å². The van der Waals surface area contributed by atoms with Gasteiger partial charge < -0.3 is 5.11 Å². The molecule has 2 aromatic rings. The maximum Gasteiger partial charge on any atom is 0.152 e. The first-order valence-electron chi connectivity index (χ1n) is 4.03. The second-order valence-electron chi connectivity index (χ2n) is 2.81. The van der Waals surface area contributed by atoms with E-state index in [2.05, 4.69) is 10.2 Å². The average Bonchev–Trinajstić information content (AvgIpc) is 2.19. The van der Waals surface area contributed by atoms with Gasteiger partial charge in [0, 0.05) is 5.56 Å². The van der Waals surface area contributed by atoms with Gasteiger partial charge in [0.1, 0.15) is 5.75 Å². The maximum absolute atomic E-state index is 9.10. The SMILES string of the molecule is Oc1ccc(-c2cnnc(Cl)c2)cc1. The molecule has 2 rings (SSSR count). The first-order chi connectivity index (χ1) is 6.75. The molecule has 1 N–H and O–H groups in total. The van der Waals surface area contributed by atoms with Gasteiger partial charge in [-0.25, -0.2) is 0 Å². The van der Waals surface area contributed by atoms with E-state index in [0.717, 1.165) is 11.1 Å². The van der Waals surface area contributed by atoms with Crippen LogP contribution in [-0.4, -0.2) is 15.3 Å². The topological polar surface area (TPSA) is 46.0 Å². The largest absolute Gasteiger partial charge is 0.508 e. The quantitative estimate of drug-likeness (QED) is 0.780. The molecule has 0 aliphatic rings. The van der Waals surface area contributed by atoms with Crippen LogP contribution in [0.2, 0.25) is 5.15 Å². The molecular weight excluding hydrogens is 200 g/mol. The van der Waals surface area contributed by atoms with Gasteiger partial charge in [-0.3, -0.25) is 0 Å². The highest BCUT2D eigenvalue weighted by molar-refractivity contribution is 6.29. The normalized spacial score (nSPS) is 10.1. The number of nitrogens with zero attached hydrogens (tertiary/aromatic N) is 2. The molecule has 0 aliphatic carbocycles. The summed E-state index contributed by atoms with van der Waals surface area (Å²) in [6.45, 7) is 0. The molecule has 0 unspecified atom stereocenters. The fraction of sp³-hybridized carbons (Fsp3) is 0. The summed E-state index contributed by atoms with van der Waals surface area (Å²) < 4.78 is 0. The third kappa shape index (κ3) is 1.83. The first kappa shape index (κ1) is 8.97. The van der Waals surface area contributed by atoms with Crippen LogP contribution in [0.1, 0.15) is 0 Å². The molecule has 0 aliphatic heterocycles. The maximum atomic E-state index is 9.10. The highest BCUT2D eigenvalue weighted by Gasteiger charge is 1.99. The van der Waals surface area contributed by atoms with Gasteiger partial charge in [-0.05, 0) is 23.8 Å². The predicted molar refractivity (Wildman–Crippen MR) is 54.1 cm³/mol. The van der Waals surface area contributed by atoms with Gasteiger partial charge in [0.15, 0.2) is 5.15 Å². The molecule has 3 nitrogen and oxygen atoms in total. The standard InChI is InChI=1S/C10H7ClN2O/c11-10-5-8(6-12-13-10)7-1-3-9(14)4-2-7/h1-6,14H. The number of benzene rings is 1. The zero-order chi connectivity index (χ0) is 9.97. The lowest BCUT2D eigenvalue weighted by atomic mass is 10.1. The summed E-state index contributed by atoms with van der Waals surface area (Å²) in [5.74, 6) is 0.238. The first-order valence-corrected chi connectivity index (χ1v) is 4.41. The molecule has 4 heteroatoms. The van der Waals surface area contributed by atoms with E-state index in [0.29, 0.717) is 5.15 Å². The molecule has 1 aromatic carbocycles. The Morgan fingerprint density at radius 2 is 1.79 bits per heavy atom. The number of hydrogen-bond acceptors (Lipinski definition) is 3. The Kier molecular flexibility index (Phi) is 2.33. The Balaban J connectivity index is 2.44. The predicted octanol–water partition coefficient (Wildman–Crippen LogP) is 2.50. The Hall–Kier alpha value is -1.61. The molecule has 0 fully saturated rings. The summed E-state index contributed by atoms with van der Waals surface area (Å²) >= 11 is 5.70. The van der Waals surface area contributed by atoms with Crippen LogP contribution < -0.4 is 0 Å². The summed E-state index contributed by atoms with van der Waals surface area (Å²) in [6.07, 6.45) is 1.62. The van der Waals surface area contributed by atoms with Crippen LogP contribution in [0.25, 0.3) is 11.1 Å². The van der Waals surface area contributed by atoms with E-state index in [-0.39, 0.29) is 5.75 Å². The van der Waals surface area contributed by atoms with Crippen molar-refractivity contribution in [2.45, 2.75) is 0 Å². The summed E-state index contributed by atoms with van der Waals surface area (Å²) in [5, 5.41) is 16.8. The van der Waals surface area contributed by atoms with Crippen molar-refractivity contribution in [3.8, 4) is 16.9 Å². The Bertz CT molecular complexity index is 442. The van der Waals surface area contributed by atoms with E-state index in [1.165, 1.54) is 0 Å². The molecule has 0 spiro atoms. The van der Waals surface area contributed by atoms with Crippen molar-refractivity contribution in [3.05, 3.63) is 41.7 Å². The van der Waals surface area contributed by atoms with Crippen molar-refractivity contribution < 1.29 is 5.11 Å². The molecule has 0 bridgehead atoms.